The van der Waals surface area contributed by atoms with E-state index in [2.05, 4.69) is 14.9 Å². The summed E-state index contributed by atoms with van der Waals surface area (Å²) in [7, 11) is -3.66. The molecule has 0 aliphatic heterocycles. The summed E-state index contributed by atoms with van der Waals surface area (Å²) in [6, 6.07) is 8.02. The number of benzene rings is 1. The zero-order chi connectivity index (χ0) is 17.2. The third-order valence-electron chi connectivity index (χ3n) is 3.72. The smallest absolute Gasteiger partial charge is 0.265 e. The summed E-state index contributed by atoms with van der Waals surface area (Å²) < 4.78 is 30.5. The van der Waals surface area contributed by atoms with Gasteiger partial charge in [-0.05, 0) is 25.0 Å². The van der Waals surface area contributed by atoms with Crippen molar-refractivity contribution in [3.63, 3.8) is 0 Å². The third kappa shape index (κ3) is 3.48. The van der Waals surface area contributed by atoms with Gasteiger partial charge in [0.15, 0.2) is 0 Å². The Morgan fingerprint density at radius 1 is 1.08 bits per heavy atom. The normalized spacial score (nSPS) is 11.6. The van der Waals surface area contributed by atoms with E-state index in [-0.39, 0.29) is 4.90 Å². The minimum Gasteiger partial charge on any atom is -0.276 e. The van der Waals surface area contributed by atoms with Gasteiger partial charge in [-0.3, -0.25) is 14.1 Å². The number of rotatable bonds is 6. The first-order valence-electron chi connectivity index (χ1n) is 7.60. The molecular formula is C16H19N5O2S. The Bertz CT molecular complexity index is 943. The Hall–Kier alpha value is -2.61. The monoisotopic (exact) mass is 345 g/mol. The fourth-order valence-electron chi connectivity index (χ4n) is 2.34. The lowest BCUT2D eigenvalue weighted by Gasteiger charge is -2.05. The van der Waals surface area contributed by atoms with Gasteiger partial charge in [0.05, 0.1) is 24.6 Å². The Morgan fingerprint density at radius 3 is 2.54 bits per heavy atom. The lowest BCUT2D eigenvalue weighted by atomic mass is 10.1. The van der Waals surface area contributed by atoms with Crippen LogP contribution in [0.25, 0.3) is 0 Å². The Balaban J connectivity index is 1.75. The molecule has 3 aromatic rings. The second-order valence-corrected chi connectivity index (χ2v) is 7.17. The van der Waals surface area contributed by atoms with Crippen molar-refractivity contribution in [2.75, 3.05) is 4.72 Å². The number of aromatic nitrogens is 4. The molecule has 1 aromatic carbocycles. The maximum atomic E-state index is 12.4. The summed E-state index contributed by atoms with van der Waals surface area (Å²) in [5.74, 6) is 0. The molecule has 0 fully saturated rings. The molecule has 0 unspecified atom stereocenters. The fourth-order valence-corrected chi connectivity index (χ4v) is 3.32. The van der Waals surface area contributed by atoms with E-state index in [4.69, 9.17) is 0 Å². The molecule has 0 aliphatic rings. The van der Waals surface area contributed by atoms with Gasteiger partial charge in [0.1, 0.15) is 4.90 Å². The molecule has 0 bridgehead atoms. The molecule has 7 nitrogen and oxygen atoms in total. The number of hydrogen-bond donors (Lipinski definition) is 1. The zero-order valence-corrected chi connectivity index (χ0v) is 14.4. The van der Waals surface area contributed by atoms with Gasteiger partial charge in [0.25, 0.3) is 10.0 Å². The van der Waals surface area contributed by atoms with Crippen LogP contribution in [0.2, 0.25) is 0 Å². The molecule has 0 amide bonds. The molecular weight excluding hydrogens is 326 g/mol. The number of anilines is 1. The van der Waals surface area contributed by atoms with Gasteiger partial charge in [-0.25, -0.2) is 8.42 Å². The van der Waals surface area contributed by atoms with Gasteiger partial charge >= 0.3 is 0 Å². The second kappa shape index (κ2) is 6.48. The number of sulfonamides is 1. The van der Waals surface area contributed by atoms with Crippen LogP contribution in [-0.4, -0.2) is 28.0 Å². The first-order chi connectivity index (χ1) is 11.5. The first-order valence-corrected chi connectivity index (χ1v) is 9.08. The Labute approximate surface area is 141 Å². The maximum Gasteiger partial charge on any atom is 0.265 e. The predicted octanol–water partition coefficient (Wildman–Crippen LogP) is 2.26. The van der Waals surface area contributed by atoms with Crippen LogP contribution in [0.1, 0.15) is 18.1 Å². The van der Waals surface area contributed by atoms with Crippen molar-refractivity contribution in [2.24, 2.45) is 0 Å². The second-order valence-electron chi connectivity index (χ2n) is 5.49. The van der Waals surface area contributed by atoms with Crippen molar-refractivity contribution < 1.29 is 8.42 Å². The van der Waals surface area contributed by atoms with Crippen LogP contribution < -0.4 is 4.72 Å². The van der Waals surface area contributed by atoms with Crippen molar-refractivity contribution in [3.05, 3.63) is 60.2 Å². The van der Waals surface area contributed by atoms with E-state index in [0.717, 1.165) is 5.56 Å². The molecule has 24 heavy (non-hydrogen) atoms. The molecule has 0 saturated heterocycles. The highest BCUT2D eigenvalue weighted by molar-refractivity contribution is 7.92. The van der Waals surface area contributed by atoms with Crippen LogP contribution in [0.5, 0.6) is 0 Å². The molecule has 0 atom stereocenters. The van der Waals surface area contributed by atoms with Crippen LogP contribution in [0.3, 0.4) is 0 Å². The lowest BCUT2D eigenvalue weighted by molar-refractivity contribution is 0.600. The summed E-state index contributed by atoms with van der Waals surface area (Å²) in [5.41, 5.74) is 2.73. The van der Waals surface area contributed by atoms with E-state index in [1.807, 2.05) is 38.1 Å². The standard InChI is InChI=1S/C16H19N5O2S/c1-3-20-12-16(9-18-20)24(22,23)19-15-8-17-21(11-15)10-14-7-5-4-6-13(14)2/h4-9,11-12,19H,3,10H2,1-2H3. The topological polar surface area (TPSA) is 81.8 Å². The van der Waals surface area contributed by atoms with Gasteiger partial charge in [-0.2, -0.15) is 10.2 Å². The Morgan fingerprint density at radius 2 is 1.83 bits per heavy atom. The van der Waals surface area contributed by atoms with Gasteiger partial charge in [-0.15, -0.1) is 0 Å². The van der Waals surface area contributed by atoms with Crippen molar-refractivity contribution in [1.82, 2.24) is 19.6 Å². The molecule has 1 N–H and O–H groups in total. The summed E-state index contributed by atoms with van der Waals surface area (Å²) in [4.78, 5) is 0.135. The quantitative estimate of drug-likeness (QED) is 0.743. The fraction of sp³-hybridized carbons (Fsp3) is 0.250. The minimum absolute atomic E-state index is 0.135. The summed E-state index contributed by atoms with van der Waals surface area (Å²) >= 11 is 0. The van der Waals surface area contributed by atoms with Gasteiger partial charge in [-0.1, -0.05) is 24.3 Å². The van der Waals surface area contributed by atoms with E-state index in [9.17, 15) is 8.42 Å². The van der Waals surface area contributed by atoms with E-state index in [1.165, 1.54) is 24.2 Å². The van der Waals surface area contributed by atoms with Crippen molar-refractivity contribution in [2.45, 2.75) is 31.8 Å². The highest BCUT2D eigenvalue weighted by atomic mass is 32.2. The van der Waals surface area contributed by atoms with Gasteiger partial charge < -0.3 is 0 Å². The van der Waals surface area contributed by atoms with Crippen LogP contribution >= 0.6 is 0 Å². The molecule has 0 aliphatic carbocycles. The predicted molar refractivity (Wildman–Crippen MR) is 91.2 cm³/mol. The highest BCUT2D eigenvalue weighted by Crippen LogP contribution is 2.16. The van der Waals surface area contributed by atoms with Crippen LogP contribution in [0.15, 0.2) is 53.9 Å². The maximum absolute atomic E-state index is 12.4. The largest absolute Gasteiger partial charge is 0.276 e. The number of hydrogen-bond acceptors (Lipinski definition) is 4. The van der Waals surface area contributed by atoms with Gasteiger partial charge in [0, 0.05) is 18.9 Å². The summed E-state index contributed by atoms with van der Waals surface area (Å²) in [6.45, 7) is 5.13. The van der Waals surface area contributed by atoms with E-state index in [1.54, 1.807) is 15.6 Å². The number of nitrogens with one attached hydrogen (secondary N) is 1. The van der Waals surface area contributed by atoms with Crippen LogP contribution in [0.4, 0.5) is 5.69 Å². The van der Waals surface area contributed by atoms with E-state index < -0.39 is 10.0 Å². The molecule has 2 heterocycles. The number of aryl methyl sites for hydroxylation is 2. The van der Waals surface area contributed by atoms with Crippen LogP contribution in [0, 0.1) is 6.92 Å². The molecule has 2 aromatic heterocycles. The van der Waals surface area contributed by atoms with Crippen molar-refractivity contribution in [3.8, 4) is 0 Å². The molecule has 8 heteroatoms. The van der Waals surface area contributed by atoms with E-state index in [0.29, 0.717) is 18.8 Å². The van der Waals surface area contributed by atoms with Crippen molar-refractivity contribution >= 4 is 15.7 Å². The third-order valence-corrected chi connectivity index (χ3v) is 5.06. The highest BCUT2D eigenvalue weighted by Gasteiger charge is 2.17. The molecule has 0 spiro atoms. The zero-order valence-electron chi connectivity index (χ0n) is 13.5. The number of nitrogens with zero attached hydrogens (tertiary/aromatic N) is 4. The molecule has 0 radical (unpaired) electrons. The summed E-state index contributed by atoms with van der Waals surface area (Å²) in [6.07, 6.45) is 6.01. The molecule has 126 valence electrons. The minimum atomic E-state index is -3.66. The SMILES string of the molecule is CCn1cc(S(=O)(=O)Nc2cnn(Cc3ccccc3C)c2)cn1. The summed E-state index contributed by atoms with van der Waals surface area (Å²) in [5, 5.41) is 8.21. The average Bonchev–Trinajstić information content (AvgIpc) is 3.19. The lowest BCUT2D eigenvalue weighted by Crippen LogP contribution is -2.12. The van der Waals surface area contributed by atoms with Gasteiger partial charge in [0.2, 0.25) is 0 Å². The van der Waals surface area contributed by atoms with Crippen LogP contribution in [-0.2, 0) is 23.1 Å². The Kier molecular flexibility index (Phi) is 4.39. The molecule has 3 rings (SSSR count). The molecule has 0 saturated carbocycles. The van der Waals surface area contributed by atoms with Crippen molar-refractivity contribution in [1.29, 1.82) is 0 Å². The average molecular weight is 345 g/mol. The van der Waals surface area contributed by atoms with E-state index >= 15 is 0 Å². The first kappa shape index (κ1) is 16.3.